The number of amides is 1. The van der Waals surface area contributed by atoms with Crippen LogP contribution in [0.2, 0.25) is 0 Å². The lowest BCUT2D eigenvalue weighted by Crippen LogP contribution is -2.38. The summed E-state index contributed by atoms with van der Waals surface area (Å²) >= 11 is 0. The van der Waals surface area contributed by atoms with E-state index < -0.39 is 28.5 Å². The van der Waals surface area contributed by atoms with Crippen molar-refractivity contribution in [2.45, 2.75) is 44.0 Å². The van der Waals surface area contributed by atoms with Crippen molar-refractivity contribution in [1.82, 2.24) is 0 Å². The van der Waals surface area contributed by atoms with E-state index in [1.54, 1.807) is 18.2 Å². The van der Waals surface area contributed by atoms with E-state index in [0.29, 0.717) is 35.8 Å². The Morgan fingerprint density at radius 1 is 1.15 bits per heavy atom. The predicted molar refractivity (Wildman–Crippen MR) is 122 cm³/mol. The molecule has 0 bridgehead atoms. The van der Waals surface area contributed by atoms with Crippen molar-refractivity contribution < 1.29 is 32.2 Å². The van der Waals surface area contributed by atoms with E-state index in [4.69, 9.17) is 19.3 Å². The van der Waals surface area contributed by atoms with Crippen molar-refractivity contribution in [3.8, 4) is 11.5 Å². The van der Waals surface area contributed by atoms with Crippen LogP contribution in [0.3, 0.4) is 0 Å². The lowest BCUT2D eigenvalue weighted by molar-refractivity contribution is -0.122. The first-order valence-electron chi connectivity index (χ1n) is 10.6. The maximum absolute atomic E-state index is 12.8. The maximum atomic E-state index is 12.8. The average Bonchev–Trinajstić information content (AvgIpc) is 3.11. The number of sulfonamides is 1. The van der Waals surface area contributed by atoms with E-state index in [2.05, 4.69) is 6.92 Å². The molecule has 0 fully saturated rings. The highest BCUT2D eigenvalue weighted by Gasteiger charge is 2.32. The van der Waals surface area contributed by atoms with Crippen molar-refractivity contribution in [3.05, 3.63) is 47.5 Å². The molecule has 3 rings (SSSR count). The van der Waals surface area contributed by atoms with Crippen LogP contribution < -0.4 is 19.5 Å². The van der Waals surface area contributed by atoms with Crippen LogP contribution in [-0.2, 0) is 26.0 Å². The first-order chi connectivity index (χ1) is 15.7. The van der Waals surface area contributed by atoms with Crippen LogP contribution in [0.5, 0.6) is 11.5 Å². The summed E-state index contributed by atoms with van der Waals surface area (Å²) in [6.07, 6.45) is 2.36. The number of ether oxygens (including phenoxy) is 3. The number of primary sulfonamides is 1. The standard InChI is InChI=1S/C23H28N2O7S/c1-4-5-10-31-20-9-6-16(13-21(20)30-3)23(27)32-14-22(26)25-15(2)11-17-12-18(33(24,28)29)7-8-19(17)25/h6-9,12-13,15H,4-5,10-11,14H2,1-3H3,(H2,24,28,29)/t15-/m0/s1. The van der Waals surface area contributed by atoms with Gasteiger partial charge in [-0.3, -0.25) is 4.79 Å². The number of carbonyl (C=O) groups excluding carboxylic acids is 2. The second-order valence-electron chi connectivity index (χ2n) is 7.80. The highest BCUT2D eigenvalue weighted by molar-refractivity contribution is 7.89. The van der Waals surface area contributed by atoms with Gasteiger partial charge in [0.1, 0.15) is 0 Å². The number of hydrogen-bond donors (Lipinski definition) is 1. The largest absolute Gasteiger partial charge is 0.493 e. The Hall–Kier alpha value is -3.11. The topological polar surface area (TPSA) is 125 Å². The summed E-state index contributed by atoms with van der Waals surface area (Å²) in [5.74, 6) is -0.151. The second-order valence-corrected chi connectivity index (χ2v) is 9.36. The van der Waals surface area contributed by atoms with Gasteiger partial charge >= 0.3 is 5.97 Å². The molecule has 0 aliphatic carbocycles. The first-order valence-corrected chi connectivity index (χ1v) is 12.2. The Balaban J connectivity index is 1.67. The summed E-state index contributed by atoms with van der Waals surface area (Å²) in [5, 5.41) is 5.19. The Bertz CT molecular complexity index is 1150. The van der Waals surface area contributed by atoms with Crippen LogP contribution in [0.4, 0.5) is 5.69 Å². The van der Waals surface area contributed by atoms with Crippen LogP contribution in [0, 0.1) is 0 Å². The van der Waals surface area contributed by atoms with Gasteiger partial charge in [0.2, 0.25) is 10.0 Å². The summed E-state index contributed by atoms with van der Waals surface area (Å²) in [5.41, 5.74) is 1.50. The van der Waals surface area contributed by atoms with Crippen LogP contribution in [0.25, 0.3) is 0 Å². The number of benzene rings is 2. The monoisotopic (exact) mass is 476 g/mol. The third-order valence-electron chi connectivity index (χ3n) is 5.35. The van der Waals surface area contributed by atoms with Gasteiger partial charge in [0, 0.05) is 11.7 Å². The number of nitrogens with zero attached hydrogens (tertiary/aromatic N) is 1. The van der Waals surface area contributed by atoms with Crippen LogP contribution in [0.1, 0.15) is 42.6 Å². The van der Waals surface area contributed by atoms with Crippen molar-refractivity contribution in [1.29, 1.82) is 0 Å². The average molecular weight is 477 g/mol. The summed E-state index contributed by atoms with van der Waals surface area (Å²) < 4.78 is 39.4. The molecule has 1 atom stereocenters. The number of unbranched alkanes of at least 4 members (excludes halogenated alkanes) is 1. The zero-order valence-electron chi connectivity index (χ0n) is 18.9. The van der Waals surface area contributed by atoms with Crippen LogP contribution >= 0.6 is 0 Å². The molecular formula is C23H28N2O7S. The number of nitrogens with two attached hydrogens (primary N) is 1. The number of carbonyl (C=O) groups is 2. The molecule has 9 nitrogen and oxygen atoms in total. The van der Waals surface area contributed by atoms with E-state index in [1.807, 2.05) is 6.92 Å². The van der Waals surface area contributed by atoms with E-state index in [1.165, 1.54) is 30.2 Å². The molecule has 178 valence electrons. The zero-order chi connectivity index (χ0) is 24.2. The molecule has 2 aromatic carbocycles. The molecule has 1 heterocycles. The molecule has 1 aliphatic rings. The molecule has 0 unspecified atom stereocenters. The molecule has 1 aliphatic heterocycles. The van der Waals surface area contributed by atoms with Crippen molar-refractivity contribution >= 4 is 27.6 Å². The summed E-state index contributed by atoms with van der Waals surface area (Å²) in [6.45, 7) is 3.97. The van der Waals surface area contributed by atoms with Gasteiger partial charge in [-0.15, -0.1) is 0 Å². The fourth-order valence-electron chi connectivity index (χ4n) is 3.68. The van der Waals surface area contributed by atoms with Crippen LogP contribution in [0.15, 0.2) is 41.3 Å². The fourth-order valence-corrected chi connectivity index (χ4v) is 4.25. The lowest BCUT2D eigenvalue weighted by atomic mass is 10.1. The van der Waals surface area contributed by atoms with Crippen molar-refractivity contribution in [3.63, 3.8) is 0 Å². The summed E-state index contributed by atoms with van der Waals surface area (Å²) in [4.78, 5) is 26.8. The molecule has 10 heteroatoms. The number of anilines is 1. The van der Waals surface area contributed by atoms with E-state index >= 15 is 0 Å². The third-order valence-corrected chi connectivity index (χ3v) is 6.26. The smallest absolute Gasteiger partial charge is 0.338 e. The highest BCUT2D eigenvalue weighted by atomic mass is 32.2. The molecule has 1 amide bonds. The van der Waals surface area contributed by atoms with Crippen LogP contribution in [-0.4, -0.2) is 46.7 Å². The molecule has 2 aromatic rings. The SMILES string of the molecule is CCCCOc1ccc(C(=O)OCC(=O)N2c3ccc(S(N)(=O)=O)cc3C[C@@H]2C)cc1OC. The molecule has 0 radical (unpaired) electrons. The Morgan fingerprint density at radius 3 is 2.58 bits per heavy atom. The zero-order valence-corrected chi connectivity index (χ0v) is 19.7. The number of fused-ring (bicyclic) bond motifs is 1. The molecule has 2 N–H and O–H groups in total. The quantitative estimate of drug-likeness (QED) is 0.436. The van der Waals surface area contributed by atoms with Gasteiger partial charge in [-0.2, -0.15) is 0 Å². The van der Waals surface area contributed by atoms with E-state index in [0.717, 1.165) is 12.8 Å². The molecule has 0 aromatic heterocycles. The first kappa shape index (κ1) is 24.5. The number of esters is 1. The van der Waals surface area contributed by atoms with Gasteiger partial charge in [-0.25, -0.2) is 18.4 Å². The maximum Gasteiger partial charge on any atom is 0.338 e. The number of hydrogen-bond acceptors (Lipinski definition) is 7. The molecular weight excluding hydrogens is 448 g/mol. The molecule has 0 saturated heterocycles. The predicted octanol–water partition coefficient (Wildman–Crippen LogP) is 2.66. The second kappa shape index (κ2) is 10.2. The minimum absolute atomic E-state index is 0.00903. The summed E-state index contributed by atoms with van der Waals surface area (Å²) in [6, 6.07) is 8.85. The molecule has 0 saturated carbocycles. The van der Waals surface area contributed by atoms with Gasteiger partial charge in [-0.05, 0) is 61.7 Å². The fraction of sp³-hybridized carbons (Fsp3) is 0.391. The Morgan fingerprint density at radius 2 is 1.91 bits per heavy atom. The normalized spacial score (nSPS) is 15.2. The molecule has 33 heavy (non-hydrogen) atoms. The minimum Gasteiger partial charge on any atom is -0.493 e. The van der Waals surface area contributed by atoms with Crippen molar-refractivity contribution in [2.24, 2.45) is 5.14 Å². The summed E-state index contributed by atoms with van der Waals surface area (Å²) in [7, 11) is -2.36. The number of rotatable bonds is 9. The highest BCUT2D eigenvalue weighted by Crippen LogP contribution is 2.34. The van der Waals surface area contributed by atoms with E-state index in [-0.39, 0.29) is 16.5 Å². The Labute approximate surface area is 193 Å². The number of methoxy groups -OCH3 is 1. The lowest BCUT2D eigenvalue weighted by Gasteiger charge is -2.22. The van der Waals surface area contributed by atoms with Gasteiger partial charge in [-0.1, -0.05) is 13.3 Å². The van der Waals surface area contributed by atoms with Gasteiger partial charge < -0.3 is 19.1 Å². The minimum atomic E-state index is -3.84. The van der Waals surface area contributed by atoms with Gasteiger partial charge in [0.25, 0.3) is 5.91 Å². The van der Waals surface area contributed by atoms with Crippen molar-refractivity contribution in [2.75, 3.05) is 25.2 Å². The third kappa shape index (κ3) is 5.63. The van der Waals surface area contributed by atoms with Gasteiger partial charge in [0.05, 0.1) is 24.2 Å². The van der Waals surface area contributed by atoms with Gasteiger partial charge in [0.15, 0.2) is 18.1 Å². The molecule has 0 spiro atoms. The Kier molecular flexibility index (Phi) is 7.60. The van der Waals surface area contributed by atoms with E-state index in [9.17, 15) is 18.0 Å².